The van der Waals surface area contributed by atoms with E-state index >= 15 is 9.59 Å². The molecule has 1 saturated heterocycles. The predicted molar refractivity (Wildman–Crippen MR) is 310 cm³/mol. The Kier molecular flexibility index (Phi) is 29.8. The lowest BCUT2D eigenvalue weighted by atomic mass is 9.91. The molecular formula is C58H103N11O12. The van der Waals surface area contributed by atoms with E-state index in [1.807, 2.05) is 34.6 Å². The third kappa shape index (κ3) is 20.1. The molecule has 0 aromatic carbocycles. The van der Waals surface area contributed by atoms with Gasteiger partial charge in [-0.1, -0.05) is 102 Å². The Bertz CT molecular complexity index is 2220. The van der Waals surface area contributed by atoms with Gasteiger partial charge in [-0.25, -0.2) is 0 Å². The molecule has 23 heteroatoms. The highest BCUT2D eigenvalue weighted by Crippen LogP contribution is 2.25. The number of aliphatic hydroxyl groups excluding tert-OH is 1. The van der Waals surface area contributed by atoms with Crippen LogP contribution in [0.4, 0.5) is 0 Å². The van der Waals surface area contributed by atoms with Crippen LogP contribution in [0.5, 0.6) is 0 Å². The van der Waals surface area contributed by atoms with Crippen LogP contribution in [-0.4, -0.2) is 227 Å². The van der Waals surface area contributed by atoms with Gasteiger partial charge in [0.1, 0.15) is 54.4 Å². The fraction of sp³-hybridized carbons (Fsp3) is 0.776. The highest BCUT2D eigenvalue weighted by Gasteiger charge is 2.45. The van der Waals surface area contributed by atoms with Crippen molar-refractivity contribution in [2.45, 2.75) is 196 Å². The molecule has 1 fully saturated rings. The van der Waals surface area contributed by atoms with Gasteiger partial charge in [0.05, 0.1) is 19.2 Å². The number of aliphatic hydroxyl groups is 1. The molecule has 0 bridgehead atoms. The van der Waals surface area contributed by atoms with Crippen LogP contribution in [0.2, 0.25) is 0 Å². The molecule has 462 valence electrons. The van der Waals surface area contributed by atoms with Gasteiger partial charge in [-0.2, -0.15) is 0 Å². The van der Waals surface area contributed by atoms with Crippen molar-refractivity contribution in [3.05, 3.63) is 12.2 Å². The highest BCUT2D eigenvalue weighted by atomic mass is 16.3. The summed E-state index contributed by atoms with van der Waals surface area (Å²) in [4.78, 5) is 166. The fourth-order valence-electron chi connectivity index (χ4n) is 10.1. The summed E-state index contributed by atoms with van der Waals surface area (Å²) in [5.41, 5.74) is 0. The number of hydrogen-bond donors (Lipinski definition) is 5. The van der Waals surface area contributed by atoms with Gasteiger partial charge < -0.3 is 60.7 Å². The van der Waals surface area contributed by atoms with E-state index in [1.54, 1.807) is 67.5 Å². The number of likely N-dealkylation sites (N-methyl/N-ethyl adjacent to an activating group) is 7. The Morgan fingerprint density at radius 1 is 0.519 bits per heavy atom. The first kappa shape index (κ1) is 72.9. The molecule has 12 atom stereocenters. The van der Waals surface area contributed by atoms with Crippen LogP contribution in [0, 0.1) is 35.5 Å². The predicted octanol–water partition coefficient (Wildman–Crippen LogP) is 1.85. The molecule has 1 aliphatic heterocycles. The number of hydrogen-bond acceptors (Lipinski definition) is 12. The number of nitrogens with zero attached hydrogens (tertiary/aromatic N) is 7. The standard InChI is InChI=1S/C58H103N11O12/c1-23-26-27-37(13)49(72)48-52(75)61-40(25-3)54(77)64(17)31-44(71)67(20)47(36(12)24-2)51(74)62-45(34(8)9)57(80)63(16)30-43(70)59-38(14)50(73)60-39(15)53(76)65(18)41(28-32(4)5)55(78)66(19)42(29-33(6)7)56(79)68(21)46(35(10)11)58(81)69(48)22/h23,26,32-42,45-49,72H,24-25,27-31H2,1-22H3,(H,59,70)(H,60,73)(H,61,75)(H,62,74)/b26-23+/t36?,37-,38+,39-,40+,41+,42+,45+,46+,47+,48+,49-/m1/s1. The Morgan fingerprint density at radius 2 is 1.00 bits per heavy atom. The average Bonchev–Trinajstić information content (AvgIpc) is 3.40. The van der Waals surface area contributed by atoms with Gasteiger partial charge in [-0.3, -0.25) is 52.7 Å². The molecule has 5 N–H and O–H groups in total. The zero-order chi connectivity index (χ0) is 62.8. The number of amides is 11. The molecule has 81 heavy (non-hydrogen) atoms. The summed E-state index contributed by atoms with van der Waals surface area (Å²) in [6.07, 6.45) is 3.16. The molecule has 0 radical (unpaired) electrons. The van der Waals surface area contributed by atoms with Crippen molar-refractivity contribution in [1.82, 2.24) is 55.6 Å². The van der Waals surface area contributed by atoms with E-state index < -0.39 is 162 Å². The van der Waals surface area contributed by atoms with Crippen LogP contribution in [0.3, 0.4) is 0 Å². The average molecular weight is 1150 g/mol. The Morgan fingerprint density at radius 3 is 1.47 bits per heavy atom. The summed E-state index contributed by atoms with van der Waals surface area (Å²) in [6, 6.07) is -11.1. The van der Waals surface area contributed by atoms with Crippen LogP contribution in [0.15, 0.2) is 12.2 Å². The van der Waals surface area contributed by atoms with E-state index in [-0.39, 0.29) is 31.1 Å². The molecule has 0 aliphatic carbocycles. The number of carbonyl (C=O) groups excluding carboxylic acids is 11. The highest BCUT2D eigenvalue weighted by molar-refractivity contribution is 5.99. The molecule has 1 aliphatic rings. The van der Waals surface area contributed by atoms with Crippen molar-refractivity contribution < 1.29 is 57.8 Å². The van der Waals surface area contributed by atoms with Crippen molar-refractivity contribution >= 4 is 65.0 Å². The second kappa shape index (κ2) is 33.1. The van der Waals surface area contributed by atoms with E-state index in [2.05, 4.69) is 21.3 Å². The molecule has 0 spiro atoms. The largest absolute Gasteiger partial charge is 0.390 e. The Labute approximate surface area is 483 Å². The van der Waals surface area contributed by atoms with E-state index in [9.17, 15) is 48.3 Å². The number of rotatable bonds is 13. The molecule has 1 heterocycles. The van der Waals surface area contributed by atoms with Crippen LogP contribution >= 0.6 is 0 Å². The maximum absolute atomic E-state index is 15.1. The minimum absolute atomic E-state index is 0.0244. The van der Waals surface area contributed by atoms with Gasteiger partial charge >= 0.3 is 0 Å². The van der Waals surface area contributed by atoms with Crippen LogP contribution in [-0.2, 0) is 52.7 Å². The topological polar surface area (TPSA) is 279 Å². The first-order valence-corrected chi connectivity index (χ1v) is 28.8. The molecular weight excluding hydrogens is 1040 g/mol. The van der Waals surface area contributed by atoms with E-state index in [0.29, 0.717) is 12.8 Å². The lowest BCUT2D eigenvalue weighted by Gasteiger charge is -2.41. The second-order valence-corrected chi connectivity index (χ2v) is 23.9. The van der Waals surface area contributed by atoms with Crippen LogP contribution in [0.25, 0.3) is 0 Å². The normalized spacial score (nSPS) is 27.0. The molecule has 11 amide bonds. The van der Waals surface area contributed by atoms with E-state index in [0.717, 1.165) is 14.7 Å². The number of nitrogens with one attached hydrogen (secondary N) is 4. The van der Waals surface area contributed by atoms with Crippen molar-refractivity contribution in [2.24, 2.45) is 35.5 Å². The summed E-state index contributed by atoms with van der Waals surface area (Å²) >= 11 is 0. The van der Waals surface area contributed by atoms with E-state index in [4.69, 9.17) is 0 Å². The third-order valence-electron chi connectivity index (χ3n) is 15.4. The SMILES string of the molecule is C/C=C/C[C@@H](C)[C@@H](O)[C@H]1C(=O)N[C@@H](CC)C(=O)N(C)CC(=O)N(C)[C@@H](C(C)CC)C(=O)N[C@@H](C(C)C)C(=O)N(C)CC(=O)N[C@@H](C)C(=O)N[C@H](C)C(=O)N(C)[C@@H](CC(C)C)C(=O)N(C)[C@@H](CC(C)C)C(=O)N(C)[C@@H](C(C)C)C(=O)N1C. The second-order valence-electron chi connectivity index (χ2n) is 23.9. The fourth-order valence-corrected chi connectivity index (χ4v) is 10.1. The maximum atomic E-state index is 15.1. The molecule has 1 rings (SSSR count). The van der Waals surface area contributed by atoms with Gasteiger partial charge in [-0.05, 0) is 82.0 Å². The van der Waals surface area contributed by atoms with Gasteiger partial charge in [0.2, 0.25) is 65.0 Å². The van der Waals surface area contributed by atoms with Gasteiger partial charge in [0, 0.05) is 49.3 Å². The molecule has 0 aromatic heterocycles. The summed E-state index contributed by atoms with van der Waals surface area (Å²) < 4.78 is 0. The summed E-state index contributed by atoms with van der Waals surface area (Å²) in [6.45, 7) is 24.8. The van der Waals surface area contributed by atoms with Crippen molar-refractivity contribution in [2.75, 3.05) is 62.4 Å². The zero-order valence-electron chi connectivity index (χ0n) is 52.9. The maximum Gasteiger partial charge on any atom is 0.246 e. The zero-order valence-corrected chi connectivity index (χ0v) is 52.9. The molecule has 23 nitrogen and oxygen atoms in total. The van der Waals surface area contributed by atoms with Crippen LogP contribution in [0.1, 0.15) is 136 Å². The molecule has 1 unspecified atom stereocenters. The van der Waals surface area contributed by atoms with Crippen molar-refractivity contribution in [1.29, 1.82) is 0 Å². The summed E-state index contributed by atoms with van der Waals surface area (Å²) in [5.74, 6) is -9.96. The van der Waals surface area contributed by atoms with Gasteiger partial charge in [0.25, 0.3) is 0 Å². The van der Waals surface area contributed by atoms with Crippen molar-refractivity contribution in [3.8, 4) is 0 Å². The molecule has 0 saturated carbocycles. The summed E-state index contributed by atoms with van der Waals surface area (Å²) in [5, 5.41) is 22.7. The monoisotopic (exact) mass is 1150 g/mol. The summed E-state index contributed by atoms with van der Waals surface area (Å²) in [7, 11) is 9.80. The Hall–Kier alpha value is -6.13. The number of carbonyl (C=O) groups is 11. The minimum Gasteiger partial charge on any atom is -0.390 e. The minimum atomic E-state index is -1.61. The lowest BCUT2D eigenvalue weighted by Crippen LogP contribution is -2.63. The van der Waals surface area contributed by atoms with Crippen LogP contribution < -0.4 is 21.3 Å². The Balaban J connectivity index is 4.21. The first-order valence-electron chi connectivity index (χ1n) is 28.8. The quantitative estimate of drug-likeness (QED) is 0.165. The van der Waals surface area contributed by atoms with Gasteiger partial charge in [-0.15, -0.1) is 0 Å². The number of allylic oxidation sites excluding steroid dienone is 2. The van der Waals surface area contributed by atoms with E-state index in [1.165, 1.54) is 82.8 Å². The molecule has 0 aromatic rings. The first-order chi connectivity index (χ1) is 37.4. The van der Waals surface area contributed by atoms with Crippen molar-refractivity contribution in [3.63, 3.8) is 0 Å². The smallest absolute Gasteiger partial charge is 0.246 e. The van der Waals surface area contributed by atoms with Gasteiger partial charge in [0.15, 0.2) is 0 Å². The third-order valence-corrected chi connectivity index (χ3v) is 15.4. The lowest BCUT2D eigenvalue weighted by molar-refractivity contribution is -0.157.